The summed E-state index contributed by atoms with van der Waals surface area (Å²) < 4.78 is 7.78. The molecular weight excluding hydrogens is 464 g/mol. The Bertz CT molecular complexity index is 1270. The van der Waals surface area contributed by atoms with E-state index in [0.29, 0.717) is 28.9 Å². The van der Waals surface area contributed by atoms with Gasteiger partial charge in [0.1, 0.15) is 16.5 Å². The maximum atomic E-state index is 13.3. The molecule has 7 nitrogen and oxygen atoms in total. The molecule has 0 aliphatic carbocycles. The van der Waals surface area contributed by atoms with Crippen LogP contribution in [-0.4, -0.2) is 27.1 Å². The number of rotatable bonds is 6. The molecule has 10 heteroatoms. The fraction of sp³-hybridized carbons (Fsp3) is 0.227. The molecule has 0 spiro atoms. The number of fused-ring (bicyclic) bond motifs is 1. The van der Waals surface area contributed by atoms with Crippen LogP contribution in [0.3, 0.4) is 0 Å². The number of nitrogens with one attached hydrogen (secondary N) is 2. The monoisotopic (exact) mass is 484 g/mol. The second-order valence-electron chi connectivity index (χ2n) is 7.24. The molecule has 0 saturated heterocycles. The van der Waals surface area contributed by atoms with Crippen LogP contribution in [0.2, 0.25) is 0 Å². The average molecular weight is 485 g/mol. The van der Waals surface area contributed by atoms with E-state index in [4.69, 9.17) is 4.42 Å². The molecule has 1 aliphatic heterocycles. The highest BCUT2D eigenvalue weighted by Gasteiger charge is 2.27. The Morgan fingerprint density at radius 3 is 2.91 bits per heavy atom. The molecule has 32 heavy (non-hydrogen) atoms. The van der Waals surface area contributed by atoms with Crippen molar-refractivity contribution < 1.29 is 14.0 Å². The van der Waals surface area contributed by atoms with Gasteiger partial charge in [0.25, 0.3) is 5.91 Å². The maximum absolute atomic E-state index is 13.3. The van der Waals surface area contributed by atoms with Gasteiger partial charge in [-0.1, -0.05) is 0 Å². The first-order valence-electron chi connectivity index (χ1n) is 10.0. The molecule has 5 heterocycles. The van der Waals surface area contributed by atoms with Crippen LogP contribution in [0.1, 0.15) is 33.5 Å². The van der Waals surface area contributed by atoms with Crippen molar-refractivity contribution in [3.8, 4) is 16.5 Å². The number of thioether (sulfide) groups is 1. The van der Waals surface area contributed by atoms with Crippen LogP contribution in [0.5, 0.6) is 0 Å². The molecule has 2 amide bonds. The molecule has 4 aromatic rings. The van der Waals surface area contributed by atoms with Gasteiger partial charge in [-0.2, -0.15) is 11.8 Å². The van der Waals surface area contributed by atoms with Gasteiger partial charge < -0.3 is 14.3 Å². The van der Waals surface area contributed by atoms with Crippen molar-refractivity contribution in [2.45, 2.75) is 25.6 Å². The molecule has 0 radical (unpaired) electrons. The lowest BCUT2D eigenvalue weighted by Gasteiger charge is -2.12. The molecule has 0 unspecified atom stereocenters. The van der Waals surface area contributed by atoms with E-state index in [9.17, 15) is 9.59 Å². The number of carbonyl (C=O) groups excluding carboxylic acids is 2. The number of thiophene rings is 1. The predicted molar refractivity (Wildman–Crippen MR) is 129 cm³/mol. The highest BCUT2D eigenvalue weighted by Crippen LogP contribution is 2.39. The SMILES string of the molecule is CC(=O)NCc1ccc(-c2csc(NC(=O)c3c(-n4cccc4)sc4c3CCSC4)n2)o1. The van der Waals surface area contributed by atoms with Crippen molar-refractivity contribution in [3.05, 3.63) is 63.8 Å². The lowest BCUT2D eigenvalue weighted by atomic mass is 10.1. The van der Waals surface area contributed by atoms with Crippen LogP contribution in [0, 0.1) is 0 Å². The molecule has 2 N–H and O–H groups in total. The minimum Gasteiger partial charge on any atom is -0.458 e. The average Bonchev–Trinajstić information content (AvgIpc) is 3.57. The van der Waals surface area contributed by atoms with Gasteiger partial charge in [-0.05, 0) is 42.0 Å². The Morgan fingerprint density at radius 1 is 1.25 bits per heavy atom. The number of hydrogen-bond acceptors (Lipinski definition) is 7. The number of hydrogen-bond donors (Lipinski definition) is 2. The number of amides is 2. The minimum absolute atomic E-state index is 0.116. The van der Waals surface area contributed by atoms with Gasteiger partial charge in [0.2, 0.25) is 5.91 Å². The minimum atomic E-state index is -0.134. The molecule has 0 fully saturated rings. The summed E-state index contributed by atoms with van der Waals surface area (Å²) in [6.45, 7) is 1.79. The van der Waals surface area contributed by atoms with Gasteiger partial charge in [-0.3, -0.25) is 14.9 Å². The van der Waals surface area contributed by atoms with Gasteiger partial charge in [0, 0.05) is 35.3 Å². The highest BCUT2D eigenvalue weighted by atomic mass is 32.2. The zero-order valence-electron chi connectivity index (χ0n) is 17.2. The first-order chi connectivity index (χ1) is 15.6. The lowest BCUT2D eigenvalue weighted by molar-refractivity contribution is -0.119. The summed E-state index contributed by atoms with van der Waals surface area (Å²) >= 11 is 4.95. The standard InChI is InChI=1S/C22H20N4O3S3/c1-13(27)23-10-14-4-5-17(29-14)16-11-31-22(24-16)25-20(28)19-15-6-9-30-12-18(15)32-21(19)26-7-2-3-8-26/h2-5,7-8,11H,6,9-10,12H2,1H3,(H,23,27)(H,24,25,28). The van der Waals surface area contributed by atoms with E-state index in [0.717, 1.165) is 34.1 Å². The van der Waals surface area contributed by atoms with Crippen LogP contribution >= 0.6 is 34.4 Å². The second-order valence-corrected chi connectivity index (χ2v) is 10.3. The summed E-state index contributed by atoms with van der Waals surface area (Å²) in [5.74, 6) is 2.96. The lowest BCUT2D eigenvalue weighted by Crippen LogP contribution is -2.18. The van der Waals surface area contributed by atoms with Crippen LogP contribution in [0.25, 0.3) is 16.5 Å². The summed E-state index contributed by atoms with van der Waals surface area (Å²) in [7, 11) is 0. The Balaban J connectivity index is 1.37. The maximum Gasteiger partial charge on any atom is 0.260 e. The van der Waals surface area contributed by atoms with E-state index in [1.54, 1.807) is 11.3 Å². The smallest absolute Gasteiger partial charge is 0.260 e. The molecule has 164 valence electrons. The second kappa shape index (κ2) is 8.97. The van der Waals surface area contributed by atoms with Crippen molar-refractivity contribution in [1.29, 1.82) is 0 Å². The topological polar surface area (TPSA) is 89.2 Å². The van der Waals surface area contributed by atoms with Gasteiger partial charge in [0.05, 0.1) is 12.1 Å². The molecule has 0 bridgehead atoms. The van der Waals surface area contributed by atoms with Crippen molar-refractivity contribution in [3.63, 3.8) is 0 Å². The van der Waals surface area contributed by atoms with Crippen LogP contribution in [0.15, 0.2) is 46.5 Å². The normalized spacial score (nSPS) is 13.0. The Kier molecular flexibility index (Phi) is 5.90. The third-order valence-electron chi connectivity index (χ3n) is 5.02. The summed E-state index contributed by atoms with van der Waals surface area (Å²) in [6, 6.07) is 7.55. The van der Waals surface area contributed by atoms with E-state index in [1.165, 1.54) is 23.1 Å². The summed E-state index contributed by atoms with van der Waals surface area (Å²) in [5, 5.41) is 9.02. The quantitative estimate of drug-likeness (QED) is 0.405. The van der Waals surface area contributed by atoms with E-state index in [1.807, 2.05) is 58.4 Å². The Hall–Kier alpha value is -2.82. The predicted octanol–water partition coefficient (Wildman–Crippen LogP) is 4.93. The molecule has 4 aromatic heterocycles. The third kappa shape index (κ3) is 4.25. The highest BCUT2D eigenvalue weighted by molar-refractivity contribution is 7.98. The van der Waals surface area contributed by atoms with Gasteiger partial charge in [-0.25, -0.2) is 4.98 Å². The largest absolute Gasteiger partial charge is 0.458 e. The third-order valence-corrected chi connectivity index (χ3v) is 8.19. The van der Waals surface area contributed by atoms with Gasteiger partial charge in [0.15, 0.2) is 10.9 Å². The Labute approximate surface area is 196 Å². The molecule has 0 atom stereocenters. The van der Waals surface area contributed by atoms with Crippen LogP contribution in [0.4, 0.5) is 5.13 Å². The molecule has 0 aromatic carbocycles. The van der Waals surface area contributed by atoms with Crippen molar-refractivity contribution in [2.24, 2.45) is 0 Å². The van der Waals surface area contributed by atoms with Crippen LogP contribution < -0.4 is 10.6 Å². The van der Waals surface area contributed by atoms with Gasteiger partial charge in [-0.15, -0.1) is 22.7 Å². The zero-order valence-corrected chi connectivity index (χ0v) is 19.7. The molecule has 1 aliphatic rings. The van der Waals surface area contributed by atoms with Crippen molar-refractivity contribution in [2.75, 3.05) is 11.1 Å². The first-order valence-corrected chi connectivity index (χ1v) is 12.9. The number of furan rings is 1. The first kappa shape index (κ1) is 21.0. The summed E-state index contributed by atoms with van der Waals surface area (Å²) in [6.07, 6.45) is 4.84. The van der Waals surface area contributed by atoms with E-state index >= 15 is 0 Å². The fourth-order valence-electron chi connectivity index (χ4n) is 3.53. The number of carbonyl (C=O) groups is 2. The molecule has 0 saturated carbocycles. The summed E-state index contributed by atoms with van der Waals surface area (Å²) in [4.78, 5) is 30.2. The fourth-order valence-corrected chi connectivity index (χ4v) is 6.67. The van der Waals surface area contributed by atoms with Crippen LogP contribution in [-0.2, 0) is 23.5 Å². The number of anilines is 1. The van der Waals surface area contributed by atoms with Gasteiger partial charge >= 0.3 is 0 Å². The van der Waals surface area contributed by atoms with E-state index < -0.39 is 0 Å². The van der Waals surface area contributed by atoms with Crippen molar-refractivity contribution in [1.82, 2.24) is 14.9 Å². The summed E-state index contributed by atoms with van der Waals surface area (Å²) in [5.41, 5.74) is 2.54. The molecule has 5 rings (SSSR count). The van der Waals surface area contributed by atoms with E-state index in [-0.39, 0.29) is 11.8 Å². The molecular formula is C22H20N4O3S3. The zero-order chi connectivity index (χ0) is 22.1. The number of thiazole rings is 1. The number of nitrogens with zero attached hydrogens (tertiary/aromatic N) is 2. The van der Waals surface area contributed by atoms with Crippen molar-refractivity contribution >= 4 is 51.4 Å². The number of aromatic nitrogens is 2. The Morgan fingerprint density at radius 2 is 2.09 bits per heavy atom. The van der Waals surface area contributed by atoms with E-state index in [2.05, 4.69) is 15.6 Å².